The van der Waals surface area contributed by atoms with E-state index >= 15 is 0 Å². The molecule has 1 aromatic rings. The van der Waals surface area contributed by atoms with Crippen LogP contribution >= 0.6 is 15.9 Å². The van der Waals surface area contributed by atoms with Gasteiger partial charge < -0.3 is 5.73 Å². The average Bonchev–Trinajstić information content (AvgIpc) is 2.86. The van der Waals surface area contributed by atoms with Crippen molar-refractivity contribution in [2.24, 2.45) is 5.92 Å². The van der Waals surface area contributed by atoms with Crippen LogP contribution < -0.4 is 5.73 Å². The van der Waals surface area contributed by atoms with Gasteiger partial charge in [0.25, 0.3) is 0 Å². The lowest BCUT2D eigenvalue weighted by Crippen LogP contribution is -2.39. The van der Waals surface area contributed by atoms with E-state index in [0.29, 0.717) is 16.9 Å². The summed E-state index contributed by atoms with van der Waals surface area (Å²) in [4.78, 5) is 4.07. The van der Waals surface area contributed by atoms with Crippen LogP contribution in [-0.4, -0.2) is 30.3 Å². The largest absolute Gasteiger partial charge is 0.383 e. The normalized spacial score (nSPS) is 27.4. The minimum atomic E-state index is -3.55. The van der Waals surface area contributed by atoms with Gasteiger partial charge in [-0.05, 0) is 47.2 Å². The first kappa shape index (κ1) is 14.3. The van der Waals surface area contributed by atoms with Crippen molar-refractivity contribution in [1.82, 2.24) is 9.29 Å². The zero-order chi connectivity index (χ0) is 14.3. The van der Waals surface area contributed by atoms with Crippen LogP contribution in [0.1, 0.15) is 32.1 Å². The minimum Gasteiger partial charge on any atom is -0.383 e. The Balaban J connectivity index is 1.97. The van der Waals surface area contributed by atoms with E-state index in [2.05, 4.69) is 20.9 Å². The smallest absolute Gasteiger partial charge is 0.247 e. The number of halogens is 1. The zero-order valence-electron chi connectivity index (χ0n) is 11.1. The molecule has 2 heterocycles. The molecule has 3 rings (SSSR count). The van der Waals surface area contributed by atoms with Crippen LogP contribution in [0.4, 0.5) is 5.82 Å². The number of nitrogen functional groups attached to an aromatic ring is 1. The molecular weight excluding hydrogens is 342 g/mol. The Morgan fingerprint density at radius 3 is 2.85 bits per heavy atom. The fourth-order valence-electron chi connectivity index (χ4n) is 3.43. The maximum Gasteiger partial charge on any atom is 0.247 e. The van der Waals surface area contributed by atoms with Crippen LogP contribution in [-0.2, 0) is 10.0 Å². The van der Waals surface area contributed by atoms with E-state index in [9.17, 15) is 8.42 Å². The highest BCUT2D eigenvalue weighted by Gasteiger charge is 2.43. The number of anilines is 1. The number of hydrogen-bond donors (Lipinski definition) is 1. The summed E-state index contributed by atoms with van der Waals surface area (Å²) in [6.45, 7) is 0.601. The quantitative estimate of drug-likeness (QED) is 0.879. The van der Waals surface area contributed by atoms with Crippen LogP contribution in [0.3, 0.4) is 0 Å². The summed E-state index contributed by atoms with van der Waals surface area (Å²) in [7, 11) is -3.55. The zero-order valence-corrected chi connectivity index (χ0v) is 13.5. The Morgan fingerprint density at radius 1 is 1.30 bits per heavy atom. The molecule has 0 radical (unpaired) electrons. The van der Waals surface area contributed by atoms with Gasteiger partial charge in [0.15, 0.2) is 0 Å². The molecule has 5 nitrogen and oxygen atoms in total. The van der Waals surface area contributed by atoms with Gasteiger partial charge in [0.2, 0.25) is 10.0 Å². The Labute approximate surface area is 127 Å². The minimum absolute atomic E-state index is 0.0764. The average molecular weight is 360 g/mol. The highest BCUT2D eigenvalue weighted by Crippen LogP contribution is 2.39. The summed E-state index contributed by atoms with van der Waals surface area (Å²) < 4.78 is 28.0. The molecule has 1 saturated carbocycles. The molecule has 7 heteroatoms. The van der Waals surface area contributed by atoms with Crippen molar-refractivity contribution >= 4 is 31.8 Å². The molecule has 2 atom stereocenters. The van der Waals surface area contributed by atoms with E-state index in [1.807, 2.05) is 0 Å². The fraction of sp³-hybridized carbons (Fsp3) is 0.615. The van der Waals surface area contributed by atoms with Crippen molar-refractivity contribution in [2.75, 3.05) is 12.3 Å². The second-order valence-corrected chi connectivity index (χ2v) is 8.33. The van der Waals surface area contributed by atoms with Gasteiger partial charge >= 0.3 is 0 Å². The van der Waals surface area contributed by atoms with E-state index in [-0.39, 0.29) is 16.8 Å². The van der Waals surface area contributed by atoms with Crippen LogP contribution in [0.25, 0.3) is 0 Å². The van der Waals surface area contributed by atoms with Crippen LogP contribution in [0, 0.1) is 5.92 Å². The number of pyridine rings is 1. The first-order chi connectivity index (χ1) is 9.50. The molecule has 0 spiro atoms. The van der Waals surface area contributed by atoms with Gasteiger partial charge in [0.1, 0.15) is 10.7 Å². The summed E-state index contributed by atoms with van der Waals surface area (Å²) >= 11 is 3.27. The molecule has 0 amide bonds. The molecule has 20 heavy (non-hydrogen) atoms. The lowest BCUT2D eigenvalue weighted by molar-refractivity contribution is 0.260. The van der Waals surface area contributed by atoms with Crippen LogP contribution in [0.15, 0.2) is 21.6 Å². The topological polar surface area (TPSA) is 76.3 Å². The summed E-state index contributed by atoms with van der Waals surface area (Å²) in [5.41, 5.74) is 5.77. The molecule has 0 bridgehead atoms. The molecule has 0 aromatic carbocycles. The Kier molecular flexibility index (Phi) is 3.77. The second-order valence-electron chi connectivity index (χ2n) is 5.55. The van der Waals surface area contributed by atoms with Gasteiger partial charge in [-0.3, -0.25) is 0 Å². The SMILES string of the molecule is Nc1ncc(Br)cc1S(=O)(=O)N1CCC2CCCCC21. The highest BCUT2D eigenvalue weighted by molar-refractivity contribution is 9.10. The molecule has 2 aliphatic rings. The molecule has 2 fully saturated rings. The van der Waals surface area contributed by atoms with Crippen molar-refractivity contribution in [2.45, 2.75) is 43.0 Å². The van der Waals surface area contributed by atoms with Crippen molar-refractivity contribution in [3.8, 4) is 0 Å². The number of sulfonamides is 1. The van der Waals surface area contributed by atoms with E-state index in [1.165, 1.54) is 12.6 Å². The fourth-order valence-corrected chi connectivity index (χ4v) is 5.73. The molecule has 1 aliphatic carbocycles. The molecule has 1 aromatic heterocycles. The van der Waals surface area contributed by atoms with Crippen molar-refractivity contribution in [3.63, 3.8) is 0 Å². The summed E-state index contributed by atoms with van der Waals surface area (Å²) in [5, 5.41) is 0. The molecule has 1 aliphatic heterocycles. The number of nitrogens with two attached hydrogens (primary N) is 1. The summed E-state index contributed by atoms with van der Waals surface area (Å²) in [6.07, 6.45) is 6.91. The number of hydrogen-bond acceptors (Lipinski definition) is 4. The third-order valence-electron chi connectivity index (χ3n) is 4.39. The lowest BCUT2D eigenvalue weighted by atomic mass is 9.86. The van der Waals surface area contributed by atoms with E-state index in [0.717, 1.165) is 25.7 Å². The number of rotatable bonds is 2. The molecule has 2 N–H and O–H groups in total. The van der Waals surface area contributed by atoms with Crippen LogP contribution in [0.5, 0.6) is 0 Å². The Morgan fingerprint density at radius 2 is 2.05 bits per heavy atom. The lowest BCUT2D eigenvalue weighted by Gasteiger charge is -2.31. The molecular formula is C13H18BrN3O2S. The van der Waals surface area contributed by atoms with Gasteiger partial charge in [-0.25, -0.2) is 13.4 Å². The first-order valence-corrected chi connectivity index (χ1v) is 9.16. The maximum atomic E-state index is 12.8. The highest BCUT2D eigenvalue weighted by atomic mass is 79.9. The second kappa shape index (κ2) is 5.27. The van der Waals surface area contributed by atoms with Gasteiger partial charge in [0.05, 0.1) is 0 Å². The van der Waals surface area contributed by atoms with E-state index < -0.39 is 10.0 Å². The first-order valence-electron chi connectivity index (χ1n) is 6.93. The van der Waals surface area contributed by atoms with Crippen molar-refractivity contribution in [1.29, 1.82) is 0 Å². The van der Waals surface area contributed by atoms with E-state index in [4.69, 9.17) is 5.73 Å². The summed E-state index contributed by atoms with van der Waals surface area (Å²) in [5.74, 6) is 0.590. The third-order valence-corrected chi connectivity index (χ3v) is 6.78. The number of aromatic nitrogens is 1. The van der Waals surface area contributed by atoms with Gasteiger partial charge in [-0.1, -0.05) is 12.8 Å². The standard InChI is InChI=1S/C13H18BrN3O2S/c14-10-7-12(13(15)16-8-10)20(18,19)17-6-5-9-3-1-2-4-11(9)17/h7-9,11H,1-6H2,(H2,15,16). The number of fused-ring (bicyclic) bond motifs is 1. The number of nitrogens with zero attached hydrogens (tertiary/aromatic N) is 2. The van der Waals surface area contributed by atoms with Gasteiger partial charge in [0, 0.05) is 23.3 Å². The van der Waals surface area contributed by atoms with Crippen LogP contribution in [0.2, 0.25) is 0 Å². The van der Waals surface area contributed by atoms with Crippen molar-refractivity contribution in [3.05, 3.63) is 16.7 Å². The predicted octanol–water partition coefficient (Wildman–Crippen LogP) is 2.38. The van der Waals surface area contributed by atoms with Gasteiger partial charge in [-0.15, -0.1) is 0 Å². The Bertz CT molecular complexity index is 620. The predicted molar refractivity (Wildman–Crippen MR) is 80.6 cm³/mol. The monoisotopic (exact) mass is 359 g/mol. The van der Waals surface area contributed by atoms with E-state index in [1.54, 1.807) is 10.4 Å². The molecule has 2 unspecified atom stereocenters. The van der Waals surface area contributed by atoms with Gasteiger partial charge in [-0.2, -0.15) is 4.31 Å². The third kappa shape index (κ3) is 2.35. The molecule has 1 saturated heterocycles. The molecule has 110 valence electrons. The maximum absolute atomic E-state index is 12.8. The Hall–Kier alpha value is -0.660. The van der Waals surface area contributed by atoms with Crippen molar-refractivity contribution < 1.29 is 8.42 Å². The summed E-state index contributed by atoms with van der Waals surface area (Å²) in [6, 6.07) is 1.69.